The monoisotopic (exact) mass is 159 g/mol. The smallest absolute Gasteiger partial charge is 0.543 e. The van der Waals surface area contributed by atoms with E-state index in [1.807, 2.05) is 0 Å². The van der Waals surface area contributed by atoms with Gasteiger partial charge in [-0.2, -0.15) is 0 Å². The molecule has 0 N–H and O–H groups in total. The van der Waals surface area contributed by atoms with Crippen molar-refractivity contribution in [2.75, 3.05) is 0 Å². The van der Waals surface area contributed by atoms with Crippen LogP contribution in [-0.2, 0) is 0 Å². The number of nitrogens with zero attached hydrogens (tertiary/aromatic N) is 1. The van der Waals surface area contributed by atoms with Gasteiger partial charge in [0, 0.05) is 6.20 Å². The fourth-order valence-corrected chi connectivity index (χ4v) is 0.699. The molecule has 0 aromatic carbocycles. The first kappa shape index (κ1) is 10.6. The van der Waals surface area contributed by atoms with Crippen LogP contribution in [0.25, 0.3) is 0 Å². The molecule has 0 bridgehead atoms. The number of pyridine rings is 1. The quantitative estimate of drug-likeness (QED) is 0.404. The number of aromatic carboxylic acids is 1. The zero-order chi connectivity index (χ0) is 7.56. The van der Waals surface area contributed by atoms with Crippen molar-refractivity contribution in [3.8, 4) is 0 Å². The van der Waals surface area contributed by atoms with Gasteiger partial charge in [0.1, 0.15) is 0 Å². The summed E-state index contributed by atoms with van der Waals surface area (Å²) in [7, 11) is 0. The van der Waals surface area contributed by atoms with E-state index < -0.39 is 5.97 Å². The van der Waals surface area contributed by atoms with Gasteiger partial charge in [0.25, 0.3) is 0 Å². The Bertz CT molecular complexity index is 262. The summed E-state index contributed by atoms with van der Waals surface area (Å²) < 4.78 is 0. The summed E-state index contributed by atoms with van der Waals surface area (Å²) in [5.74, 6) is -1.22. The van der Waals surface area contributed by atoms with Gasteiger partial charge >= 0.3 is 29.6 Å². The van der Waals surface area contributed by atoms with E-state index in [1.54, 1.807) is 19.1 Å². The molecule has 0 saturated heterocycles. The number of aryl methyl sites for hydroxylation is 1. The molecule has 0 amide bonds. The molecule has 0 aliphatic rings. The van der Waals surface area contributed by atoms with Gasteiger partial charge in [0.05, 0.1) is 11.7 Å². The van der Waals surface area contributed by atoms with Gasteiger partial charge in [-0.05, 0) is 18.6 Å². The molecule has 1 aromatic heterocycles. The molecule has 1 rings (SSSR count). The Balaban J connectivity index is 0.000001000. The van der Waals surface area contributed by atoms with Crippen LogP contribution in [0, 0.1) is 6.92 Å². The maximum Gasteiger partial charge on any atom is 1.00 e. The van der Waals surface area contributed by atoms with E-state index in [2.05, 4.69) is 4.98 Å². The van der Waals surface area contributed by atoms with Crippen LogP contribution < -0.4 is 34.7 Å². The molecule has 0 fully saturated rings. The second kappa shape index (κ2) is 4.49. The molecule has 11 heavy (non-hydrogen) atoms. The molecule has 3 nitrogen and oxygen atoms in total. The largest absolute Gasteiger partial charge is 1.00 e. The van der Waals surface area contributed by atoms with Crippen molar-refractivity contribution < 1.29 is 39.5 Å². The van der Waals surface area contributed by atoms with Gasteiger partial charge in [0.2, 0.25) is 0 Å². The standard InChI is InChI=1S/C7H7NO2.Na/c1-5-3-2-4-8-6(5)7(9)10;/h2-4H,1H3,(H,9,10);/q;+1/p-1. The Kier molecular flexibility index (Phi) is 4.33. The molecule has 4 heteroatoms. The Morgan fingerprint density at radius 3 is 2.64 bits per heavy atom. The molecule has 0 saturated carbocycles. The van der Waals surface area contributed by atoms with Crippen LogP contribution in [0.1, 0.15) is 16.1 Å². The van der Waals surface area contributed by atoms with Crippen molar-refractivity contribution in [2.24, 2.45) is 0 Å². The van der Waals surface area contributed by atoms with Gasteiger partial charge in [0.15, 0.2) is 0 Å². The van der Waals surface area contributed by atoms with Crippen LogP contribution in [-0.4, -0.2) is 11.0 Å². The summed E-state index contributed by atoms with van der Waals surface area (Å²) in [6, 6.07) is 3.36. The van der Waals surface area contributed by atoms with Crippen molar-refractivity contribution in [3.63, 3.8) is 0 Å². The predicted octanol–water partition coefficient (Wildman–Crippen LogP) is -3.24. The zero-order valence-corrected chi connectivity index (χ0v) is 8.50. The van der Waals surface area contributed by atoms with Crippen molar-refractivity contribution >= 4 is 5.97 Å². The van der Waals surface area contributed by atoms with E-state index in [0.717, 1.165) is 0 Å². The van der Waals surface area contributed by atoms with Crippen LogP contribution in [0.5, 0.6) is 0 Å². The summed E-state index contributed by atoms with van der Waals surface area (Å²) in [6.07, 6.45) is 1.43. The first-order chi connectivity index (χ1) is 4.72. The Hall–Kier alpha value is -0.380. The van der Waals surface area contributed by atoms with E-state index in [0.29, 0.717) is 5.56 Å². The molecular formula is C7H6NNaO2. The molecule has 0 spiro atoms. The summed E-state index contributed by atoms with van der Waals surface area (Å²) >= 11 is 0. The van der Waals surface area contributed by atoms with Gasteiger partial charge < -0.3 is 9.90 Å². The molecule has 0 unspecified atom stereocenters. The number of aromatic nitrogens is 1. The second-order valence-electron chi connectivity index (χ2n) is 1.96. The number of carboxylic acids is 1. The third-order valence-corrected chi connectivity index (χ3v) is 1.20. The number of hydrogen-bond donors (Lipinski definition) is 0. The van der Waals surface area contributed by atoms with E-state index >= 15 is 0 Å². The fraction of sp³-hybridized carbons (Fsp3) is 0.143. The fourth-order valence-electron chi connectivity index (χ4n) is 0.699. The Morgan fingerprint density at radius 2 is 2.27 bits per heavy atom. The third-order valence-electron chi connectivity index (χ3n) is 1.20. The van der Waals surface area contributed by atoms with E-state index in [1.165, 1.54) is 6.20 Å². The van der Waals surface area contributed by atoms with Crippen molar-refractivity contribution in [2.45, 2.75) is 6.92 Å². The molecular weight excluding hydrogens is 153 g/mol. The minimum Gasteiger partial charge on any atom is -0.543 e. The molecule has 52 valence electrons. The topological polar surface area (TPSA) is 53.0 Å². The molecule has 0 aliphatic carbocycles. The average molecular weight is 159 g/mol. The number of carbonyl (C=O) groups is 1. The molecule has 0 atom stereocenters. The third kappa shape index (κ3) is 2.61. The summed E-state index contributed by atoms with van der Waals surface area (Å²) in [5, 5.41) is 10.2. The average Bonchev–Trinajstić information content (AvgIpc) is 1.88. The first-order valence-corrected chi connectivity index (χ1v) is 2.85. The van der Waals surface area contributed by atoms with E-state index in [-0.39, 0.29) is 35.3 Å². The number of hydrogen-bond acceptors (Lipinski definition) is 3. The second-order valence-corrected chi connectivity index (χ2v) is 1.96. The maximum atomic E-state index is 10.2. The van der Waals surface area contributed by atoms with Crippen LogP contribution in [0.3, 0.4) is 0 Å². The van der Waals surface area contributed by atoms with Gasteiger partial charge in [-0.25, -0.2) is 0 Å². The Morgan fingerprint density at radius 1 is 1.64 bits per heavy atom. The van der Waals surface area contributed by atoms with E-state index in [9.17, 15) is 9.90 Å². The van der Waals surface area contributed by atoms with Gasteiger partial charge in [-0.3, -0.25) is 4.98 Å². The molecule has 0 aliphatic heterocycles. The van der Waals surface area contributed by atoms with Crippen LogP contribution in [0.4, 0.5) is 0 Å². The van der Waals surface area contributed by atoms with Gasteiger partial charge in [-0.1, -0.05) is 6.07 Å². The predicted molar refractivity (Wildman–Crippen MR) is 33.3 cm³/mol. The maximum absolute atomic E-state index is 10.2. The van der Waals surface area contributed by atoms with Crippen LogP contribution >= 0.6 is 0 Å². The molecule has 0 radical (unpaired) electrons. The van der Waals surface area contributed by atoms with E-state index in [4.69, 9.17) is 0 Å². The first-order valence-electron chi connectivity index (χ1n) is 2.85. The normalized spacial score (nSPS) is 8.45. The van der Waals surface area contributed by atoms with Crippen LogP contribution in [0.2, 0.25) is 0 Å². The zero-order valence-electron chi connectivity index (χ0n) is 6.50. The van der Waals surface area contributed by atoms with Crippen molar-refractivity contribution in [3.05, 3.63) is 29.6 Å². The molecule has 1 heterocycles. The summed E-state index contributed by atoms with van der Waals surface area (Å²) in [4.78, 5) is 13.9. The minimum absolute atomic E-state index is 0. The van der Waals surface area contributed by atoms with Gasteiger partial charge in [-0.15, -0.1) is 0 Å². The Labute approximate surface area is 86.8 Å². The number of rotatable bonds is 1. The van der Waals surface area contributed by atoms with Crippen LogP contribution in [0.15, 0.2) is 18.3 Å². The number of carboxylic acid groups (broad SMARTS) is 1. The van der Waals surface area contributed by atoms with Crippen molar-refractivity contribution in [1.82, 2.24) is 4.98 Å². The SMILES string of the molecule is Cc1cccnc1C(=O)[O-].[Na+]. The van der Waals surface area contributed by atoms with Crippen molar-refractivity contribution in [1.29, 1.82) is 0 Å². The minimum atomic E-state index is -1.22. The summed E-state index contributed by atoms with van der Waals surface area (Å²) in [5.41, 5.74) is 0.644. The molecule has 1 aromatic rings. The number of carbonyl (C=O) groups excluding carboxylic acids is 1. The summed E-state index contributed by atoms with van der Waals surface area (Å²) in [6.45, 7) is 1.68.